The number of hydrogen-bond acceptors (Lipinski definition) is 6. The average molecular weight is 343 g/mol. The molecule has 1 aromatic carbocycles. The Morgan fingerprint density at radius 3 is 2.92 bits per heavy atom. The van der Waals surface area contributed by atoms with Crippen molar-refractivity contribution in [3.63, 3.8) is 0 Å². The first-order valence-corrected chi connectivity index (χ1v) is 8.97. The molecule has 0 aliphatic heterocycles. The first-order valence-electron chi connectivity index (χ1n) is 7.75. The van der Waals surface area contributed by atoms with E-state index >= 15 is 0 Å². The second-order valence-corrected chi connectivity index (χ2v) is 6.86. The first kappa shape index (κ1) is 15.3. The van der Waals surface area contributed by atoms with E-state index in [2.05, 4.69) is 15.1 Å². The molecule has 2 aromatic heterocycles. The summed E-state index contributed by atoms with van der Waals surface area (Å²) in [6.07, 6.45) is 5.38. The molecular weight excluding hydrogens is 326 g/mol. The third-order valence-electron chi connectivity index (χ3n) is 4.63. The summed E-state index contributed by atoms with van der Waals surface area (Å²) < 4.78 is 1.86. The van der Waals surface area contributed by atoms with E-state index < -0.39 is 5.91 Å². The number of benzene rings is 1. The number of hydrogen-bond donors (Lipinski definition) is 2. The molecule has 1 amide bonds. The molecule has 0 atom stereocenters. The zero-order valence-electron chi connectivity index (χ0n) is 13.1. The highest BCUT2D eigenvalue weighted by Crippen LogP contribution is 2.40. The SMILES string of the molecule is CSc1ncc2ccc3c(C(N)=O)nn(C4CC(CO)C4)c3c2n1. The monoisotopic (exact) mass is 343 g/mol. The Hall–Kier alpha value is -2.19. The number of thioether (sulfide) groups is 1. The number of aliphatic hydroxyl groups excluding tert-OH is 1. The van der Waals surface area contributed by atoms with Gasteiger partial charge in [-0.15, -0.1) is 0 Å². The van der Waals surface area contributed by atoms with Crippen molar-refractivity contribution in [2.24, 2.45) is 11.7 Å². The predicted molar refractivity (Wildman–Crippen MR) is 92.0 cm³/mol. The van der Waals surface area contributed by atoms with Crippen molar-refractivity contribution in [1.82, 2.24) is 19.7 Å². The molecule has 24 heavy (non-hydrogen) atoms. The highest BCUT2D eigenvalue weighted by Gasteiger charge is 2.33. The minimum atomic E-state index is -0.546. The lowest BCUT2D eigenvalue weighted by molar-refractivity contribution is 0.0981. The molecule has 1 fully saturated rings. The number of carbonyl (C=O) groups excluding carboxylic acids is 1. The van der Waals surface area contributed by atoms with Gasteiger partial charge in [0.25, 0.3) is 5.91 Å². The Labute approximate surface area is 142 Å². The Bertz CT molecular complexity index is 948. The van der Waals surface area contributed by atoms with Crippen LogP contribution in [-0.4, -0.2) is 43.6 Å². The summed E-state index contributed by atoms with van der Waals surface area (Å²) in [6.45, 7) is 0.178. The van der Waals surface area contributed by atoms with Gasteiger partial charge in [-0.1, -0.05) is 17.8 Å². The van der Waals surface area contributed by atoms with Crippen molar-refractivity contribution < 1.29 is 9.90 Å². The number of nitrogens with zero attached hydrogens (tertiary/aromatic N) is 4. The summed E-state index contributed by atoms with van der Waals surface area (Å²) in [5, 5.41) is 16.0. The van der Waals surface area contributed by atoms with Crippen LogP contribution in [0.25, 0.3) is 21.8 Å². The molecule has 0 spiro atoms. The molecule has 124 valence electrons. The summed E-state index contributed by atoms with van der Waals surface area (Å²) in [5.41, 5.74) is 7.38. The molecule has 2 heterocycles. The van der Waals surface area contributed by atoms with Gasteiger partial charge in [-0.25, -0.2) is 9.97 Å². The van der Waals surface area contributed by atoms with Crippen molar-refractivity contribution in [2.75, 3.05) is 12.9 Å². The van der Waals surface area contributed by atoms with Gasteiger partial charge in [-0.05, 0) is 31.1 Å². The van der Waals surface area contributed by atoms with Gasteiger partial charge in [0.1, 0.15) is 5.52 Å². The van der Waals surface area contributed by atoms with Crippen molar-refractivity contribution >= 4 is 39.5 Å². The number of amides is 1. The molecule has 1 saturated carbocycles. The molecular formula is C16H17N5O2S. The Morgan fingerprint density at radius 2 is 2.25 bits per heavy atom. The second kappa shape index (κ2) is 5.71. The highest BCUT2D eigenvalue weighted by atomic mass is 32.2. The van der Waals surface area contributed by atoms with E-state index in [-0.39, 0.29) is 24.3 Å². The fourth-order valence-corrected chi connectivity index (χ4v) is 3.64. The third-order valence-corrected chi connectivity index (χ3v) is 5.19. The zero-order valence-corrected chi connectivity index (χ0v) is 14.0. The third kappa shape index (κ3) is 2.25. The fourth-order valence-electron chi connectivity index (χ4n) is 3.29. The molecule has 0 saturated heterocycles. The van der Waals surface area contributed by atoms with Crippen LogP contribution in [0, 0.1) is 5.92 Å². The summed E-state index contributed by atoms with van der Waals surface area (Å²) in [6, 6.07) is 3.89. The summed E-state index contributed by atoms with van der Waals surface area (Å²) in [7, 11) is 0. The maximum Gasteiger partial charge on any atom is 0.269 e. The molecule has 1 aliphatic carbocycles. The number of aliphatic hydroxyl groups is 1. The molecule has 0 bridgehead atoms. The van der Waals surface area contributed by atoms with Crippen LogP contribution >= 0.6 is 11.8 Å². The Balaban J connectivity index is 1.99. The quantitative estimate of drug-likeness (QED) is 0.552. The predicted octanol–water partition coefficient (Wildman–Crippen LogP) is 1.74. The lowest BCUT2D eigenvalue weighted by Gasteiger charge is -2.34. The van der Waals surface area contributed by atoms with E-state index in [1.54, 1.807) is 6.20 Å². The van der Waals surface area contributed by atoms with Crippen molar-refractivity contribution in [3.05, 3.63) is 24.0 Å². The Morgan fingerprint density at radius 1 is 1.46 bits per heavy atom. The molecule has 1 aliphatic rings. The van der Waals surface area contributed by atoms with Crippen LogP contribution < -0.4 is 5.73 Å². The average Bonchev–Trinajstić information content (AvgIpc) is 2.93. The van der Waals surface area contributed by atoms with Crippen LogP contribution in [-0.2, 0) is 0 Å². The van der Waals surface area contributed by atoms with E-state index in [4.69, 9.17) is 5.73 Å². The van der Waals surface area contributed by atoms with Crippen molar-refractivity contribution in [2.45, 2.75) is 24.0 Å². The van der Waals surface area contributed by atoms with Gasteiger partial charge in [-0.3, -0.25) is 9.48 Å². The van der Waals surface area contributed by atoms with E-state index in [1.165, 1.54) is 11.8 Å². The van der Waals surface area contributed by atoms with Crippen molar-refractivity contribution in [1.29, 1.82) is 0 Å². The van der Waals surface area contributed by atoms with Gasteiger partial charge in [-0.2, -0.15) is 5.10 Å². The van der Waals surface area contributed by atoms with Crippen LogP contribution in [0.1, 0.15) is 29.4 Å². The maximum atomic E-state index is 11.8. The number of primary amides is 1. The molecule has 4 rings (SSSR count). The molecule has 3 N–H and O–H groups in total. The van der Waals surface area contributed by atoms with Crippen molar-refractivity contribution in [3.8, 4) is 0 Å². The van der Waals surface area contributed by atoms with Gasteiger partial charge in [0.2, 0.25) is 0 Å². The smallest absolute Gasteiger partial charge is 0.269 e. The Kier molecular flexibility index (Phi) is 3.65. The molecule has 0 radical (unpaired) electrons. The molecule has 0 unspecified atom stereocenters. The highest BCUT2D eigenvalue weighted by molar-refractivity contribution is 7.98. The van der Waals surface area contributed by atoms with Crippen LogP contribution in [0.2, 0.25) is 0 Å². The first-order chi connectivity index (χ1) is 11.6. The summed E-state index contributed by atoms with van der Waals surface area (Å²) in [4.78, 5) is 20.7. The van der Waals surface area contributed by atoms with Gasteiger partial charge < -0.3 is 10.8 Å². The largest absolute Gasteiger partial charge is 0.396 e. The normalized spacial score (nSPS) is 20.4. The molecule has 8 heteroatoms. The van der Waals surface area contributed by atoms with Crippen LogP contribution in [0.5, 0.6) is 0 Å². The number of rotatable bonds is 4. The number of nitrogens with two attached hydrogens (primary N) is 1. The minimum absolute atomic E-state index is 0.149. The zero-order chi connectivity index (χ0) is 16.8. The molecule has 7 nitrogen and oxygen atoms in total. The van der Waals surface area contributed by atoms with Crippen LogP contribution in [0.3, 0.4) is 0 Å². The maximum absolute atomic E-state index is 11.8. The lowest BCUT2D eigenvalue weighted by Crippen LogP contribution is -2.30. The molecule has 3 aromatic rings. The topological polar surface area (TPSA) is 107 Å². The number of carbonyl (C=O) groups is 1. The van der Waals surface area contributed by atoms with Crippen LogP contribution in [0.15, 0.2) is 23.5 Å². The number of fused-ring (bicyclic) bond motifs is 3. The van der Waals surface area contributed by atoms with E-state index in [9.17, 15) is 9.90 Å². The second-order valence-electron chi connectivity index (χ2n) is 6.09. The lowest BCUT2D eigenvalue weighted by atomic mass is 9.81. The van der Waals surface area contributed by atoms with Gasteiger partial charge in [0.05, 0.1) is 11.6 Å². The standard InChI is InChI=1S/C16H17N5O2S/c1-24-16-18-6-9-2-3-11-13(15(17)23)20-21(14(11)12(9)19-16)10-4-8(5-10)7-22/h2-3,6,8,10,22H,4-5,7H2,1H3,(H2,17,23). The van der Waals surface area contributed by atoms with Gasteiger partial charge >= 0.3 is 0 Å². The fraction of sp³-hybridized carbons (Fsp3) is 0.375. The van der Waals surface area contributed by atoms with E-state index in [0.29, 0.717) is 10.5 Å². The van der Waals surface area contributed by atoms with E-state index in [0.717, 1.165) is 29.3 Å². The van der Waals surface area contributed by atoms with Crippen LogP contribution in [0.4, 0.5) is 0 Å². The van der Waals surface area contributed by atoms with Gasteiger partial charge in [0.15, 0.2) is 10.9 Å². The van der Waals surface area contributed by atoms with Gasteiger partial charge in [0, 0.05) is 23.6 Å². The summed E-state index contributed by atoms with van der Waals surface area (Å²) in [5.74, 6) is -0.257. The van der Waals surface area contributed by atoms with E-state index in [1.807, 2.05) is 23.1 Å². The minimum Gasteiger partial charge on any atom is -0.396 e. The number of aromatic nitrogens is 4. The summed E-state index contributed by atoms with van der Waals surface area (Å²) >= 11 is 1.47.